The highest BCUT2D eigenvalue weighted by atomic mass is 32.1. The Kier molecular flexibility index (Phi) is 6.13. The topological polar surface area (TPSA) is 55.2 Å². The first-order valence-electron chi connectivity index (χ1n) is 10.5. The Morgan fingerprint density at radius 1 is 1.20 bits per heavy atom. The van der Waals surface area contributed by atoms with Gasteiger partial charge in [0.2, 0.25) is 5.91 Å². The highest BCUT2D eigenvalue weighted by Crippen LogP contribution is 2.25. The monoisotopic (exact) mass is 421 g/mol. The quantitative estimate of drug-likeness (QED) is 0.616. The second-order valence-electron chi connectivity index (χ2n) is 8.14. The number of carbonyl (C=O) groups excluding carboxylic acids is 1. The number of piperidine rings is 1. The van der Waals surface area contributed by atoms with Crippen LogP contribution in [0.3, 0.4) is 0 Å². The predicted octanol–water partition coefficient (Wildman–Crippen LogP) is 4.32. The number of hydrogen-bond acceptors (Lipinski definition) is 4. The summed E-state index contributed by atoms with van der Waals surface area (Å²) in [6.07, 6.45) is 1.95. The molecule has 4 rings (SSSR count). The molecule has 1 aromatic carbocycles. The molecule has 3 aromatic rings. The van der Waals surface area contributed by atoms with Crippen molar-refractivity contribution in [1.29, 1.82) is 0 Å². The maximum Gasteiger partial charge on any atom is 0.266 e. The number of aryl methyl sites for hydroxylation is 1. The highest BCUT2D eigenvalue weighted by molar-refractivity contribution is 7.13. The lowest BCUT2D eigenvalue weighted by atomic mass is 9.94. The fourth-order valence-corrected chi connectivity index (χ4v) is 4.76. The molecule has 0 aliphatic carbocycles. The van der Waals surface area contributed by atoms with Crippen molar-refractivity contribution in [2.75, 3.05) is 13.1 Å². The third-order valence-corrected chi connectivity index (χ3v) is 6.74. The molecule has 0 N–H and O–H groups in total. The average Bonchev–Trinajstić information content (AvgIpc) is 3.30. The van der Waals surface area contributed by atoms with Gasteiger partial charge in [-0.25, -0.2) is 4.68 Å². The smallest absolute Gasteiger partial charge is 0.266 e. The zero-order chi connectivity index (χ0) is 21.1. The van der Waals surface area contributed by atoms with E-state index < -0.39 is 0 Å². The number of hydrogen-bond donors (Lipinski definition) is 0. The van der Waals surface area contributed by atoms with Gasteiger partial charge < -0.3 is 4.90 Å². The molecule has 0 bridgehead atoms. The van der Waals surface area contributed by atoms with Crippen LogP contribution in [0.25, 0.3) is 10.6 Å². The number of amides is 1. The molecule has 0 radical (unpaired) electrons. The van der Waals surface area contributed by atoms with E-state index in [1.165, 1.54) is 5.56 Å². The Hall–Kier alpha value is -2.73. The molecule has 2 atom stereocenters. The van der Waals surface area contributed by atoms with Crippen LogP contribution in [0.2, 0.25) is 0 Å². The first-order valence-corrected chi connectivity index (χ1v) is 11.4. The third-order valence-electron chi connectivity index (χ3n) is 5.85. The fraction of sp³-hybridized carbons (Fsp3) is 0.375. The third kappa shape index (κ3) is 4.54. The van der Waals surface area contributed by atoms with Crippen LogP contribution in [0.1, 0.15) is 36.8 Å². The lowest BCUT2D eigenvalue weighted by molar-refractivity contribution is -0.134. The molecule has 1 aliphatic heterocycles. The molecule has 1 aliphatic rings. The number of nitrogens with zero attached hydrogens (tertiary/aromatic N) is 3. The van der Waals surface area contributed by atoms with Gasteiger partial charge in [0.05, 0.1) is 10.8 Å². The molecule has 156 valence electrons. The van der Waals surface area contributed by atoms with Crippen LogP contribution < -0.4 is 5.56 Å². The van der Waals surface area contributed by atoms with Gasteiger partial charge in [0, 0.05) is 25.7 Å². The van der Waals surface area contributed by atoms with Gasteiger partial charge in [-0.2, -0.15) is 5.10 Å². The summed E-state index contributed by atoms with van der Waals surface area (Å²) in [6, 6.07) is 15.6. The molecular formula is C24H27N3O2S. The van der Waals surface area contributed by atoms with E-state index in [2.05, 4.69) is 24.2 Å². The van der Waals surface area contributed by atoms with Crippen LogP contribution >= 0.6 is 11.3 Å². The van der Waals surface area contributed by atoms with E-state index in [0.717, 1.165) is 35.5 Å². The normalized spacial score (nSPS) is 17.7. The van der Waals surface area contributed by atoms with Gasteiger partial charge in [0.1, 0.15) is 5.69 Å². The number of aromatic nitrogens is 2. The minimum absolute atomic E-state index is 0.0909. The van der Waals surface area contributed by atoms with Crippen LogP contribution in [-0.4, -0.2) is 33.7 Å². The average molecular weight is 422 g/mol. The first-order chi connectivity index (χ1) is 14.5. The SMILES string of the molecule is Cc1ccc(C(C)C(=O)N2CCC[C@@H](Cn3nc(-c4cccs4)ccc3=O)C2)cc1. The Morgan fingerprint density at radius 3 is 2.73 bits per heavy atom. The number of rotatable bonds is 5. The fourth-order valence-electron chi connectivity index (χ4n) is 4.07. The zero-order valence-corrected chi connectivity index (χ0v) is 18.3. The summed E-state index contributed by atoms with van der Waals surface area (Å²) in [4.78, 5) is 28.5. The van der Waals surface area contributed by atoms with E-state index in [9.17, 15) is 9.59 Å². The summed E-state index contributed by atoms with van der Waals surface area (Å²) in [5.74, 6) is 0.236. The van der Waals surface area contributed by atoms with Crippen molar-refractivity contribution in [3.05, 3.63) is 75.4 Å². The summed E-state index contributed by atoms with van der Waals surface area (Å²) in [7, 11) is 0. The number of carbonyl (C=O) groups is 1. The van der Waals surface area contributed by atoms with E-state index in [0.29, 0.717) is 13.1 Å². The van der Waals surface area contributed by atoms with Gasteiger partial charge in [0.25, 0.3) is 5.56 Å². The second-order valence-corrected chi connectivity index (χ2v) is 9.09. The molecule has 2 aromatic heterocycles. The molecule has 0 saturated carbocycles. The molecule has 1 fully saturated rings. The number of benzene rings is 1. The van der Waals surface area contributed by atoms with E-state index >= 15 is 0 Å². The Labute approximate surface area is 181 Å². The van der Waals surface area contributed by atoms with Crippen molar-refractivity contribution in [2.24, 2.45) is 5.92 Å². The molecule has 1 saturated heterocycles. The van der Waals surface area contributed by atoms with Crippen molar-refractivity contribution in [3.63, 3.8) is 0 Å². The largest absolute Gasteiger partial charge is 0.342 e. The minimum Gasteiger partial charge on any atom is -0.342 e. The molecule has 3 heterocycles. The van der Waals surface area contributed by atoms with Crippen molar-refractivity contribution in [3.8, 4) is 10.6 Å². The number of likely N-dealkylation sites (tertiary alicyclic amines) is 1. The van der Waals surface area contributed by atoms with Crippen LogP contribution in [0.4, 0.5) is 0 Å². The van der Waals surface area contributed by atoms with Crippen molar-refractivity contribution in [2.45, 2.75) is 39.2 Å². The van der Waals surface area contributed by atoms with Gasteiger partial charge in [-0.15, -0.1) is 11.3 Å². The second kappa shape index (κ2) is 8.96. The summed E-state index contributed by atoms with van der Waals surface area (Å²) in [5, 5.41) is 6.59. The summed E-state index contributed by atoms with van der Waals surface area (Å²) in [6.45, 7) is 6.03. The Morgan fingerprint density at radius 2 is 2.00 bits per heavy atom. The maximum absolute atomic E-state index is 13.1. The molecule has 1 amide bonds. The van der Waals surface area contributed by atoms with Gasteiger partial charge in [0.15, 0.2) is 0 Å². The Balaban J connectivity index is 1.45. The minimum atomic E-state index is -0.160. The van der Waals surface area contributed by atoms with Crippen LogP contribution in [0.15, 0.2) is 58.7 Å². The summed E-state index contributed by atoms with van der Waals surface area (Å²) >= 11 is 1.61. The molecule has 0 spiro atoms. The van der Waals surface area contributed by atoms with Crippen molar-refractivity contribution in [1.82, 2.24) is 14.7 Å². The van der Waals surface area contributed by atoms with Crippen LogP contribution in [-0.2, 0) is 11.3 Å². The van der Waals surface area contributed by atoms with Gasteiger partial charge >= 0.3 is 0 Å². The summed E-state index contributed by atoms with van der Waals surface area (Å²) < 4.78 is 1.57. The lowest BCUT2D eigenvalue weighted by Gasteiger charge is -2.34. The highest BCUT2D eigenvalue weighted by Gasteiger charge is 2.28. The summed E-state index contributed by atoms with van der Waals surface area (Å²) in [5.41, 5.74) is 2.97. The maximum atomic E-state index is 13.1. The van der Waals surface area contributed by atoms with Crippen molar-refractivity contribution < 1.29 is 4.79 Å². The van der Waals surface area contributed by atoms with Gasteiger partial charge in [-0.3, -0.25) is 9.59 Å². The van der Waals surface area contributed by atoms with E-state index in [1.807, 2.05) is 41.5 Å². The van der Waals surface area contributed by atoms with Crippen LogP contribution in [0, 0.1) is 12.8 Å². The molecule has 6 heteroatoms. The van der Waals surface area contributed by atoms with Crippen LogP contribution in [0.5, 0.6) is 0 Å². The van der Waals surface area contributed by atoms with E-state index in [1.54, 1.807) is 28.2 Å². The lowest BCUT2D eigenvalue weighted by Crippen LogP contribution is -2.43. The zero-order valence-electron chi connectivity index (χ0n) is 17.5. The molecule has 5 nitrogen and oxygen atoms in total. The standard InChI is InChI=1S/C24H27N3O2S/c1-17-7-9-20(10-8-17)18(2)24(29)26-13-3-5-19(15-26)16-27-23(28)12-11-21(25-27)22-6-4-14-30-22/h4,6-12,14,18-19H,3,5,13,15-16H2,1-2H3/t18?,19-/m1/s1. The first kappa shape index (κ1) is 20.5. The molecular weight excluding hydrogens is 394 g/mol. The van der Waals surface area contributed by atoms with Gasteiger partial charge in [-0.05, 0) is 55.7 Å². The Bertz CT molecular complexity index is 1060. The van der Waals surface area contributed by atoms with E-state index in [-0.39, 0.29) is 23.3 Å². The molecule has 30 heavy (non-hydrogen) atoms. The van der Waals surface area contributed by atoms with Crippen molar-refractivity contribution >= 4 is 17.2 Å². The van der Waals surface area contributed by atoms with E-state index in [4.69, 9.17) is 0 Å². The predicted molar refractivity (Wildman–Crippen MR) is 121 cm³/mol. The molecule has 1 unspecified atom stereocenters. The van der Waals surface area contributed by atoms with Gasteiger partial charge in [-0.1, -0.05) is 35.9 Å². The number of thiophene rings is 1.